The second-order valence-corrected chi connectivity index (χ2v) is 4.94. The Balaban J connectivity index is 2.04. The molecule has 0 aromatic carbocycles. The van der Waals surface area contributed by atoms with Crippen LogP contribution in [0, 0.1) is 6.92 Å². The van der Waals surface area contributed by atoms with Gasteiger partial charge < -0.3 is 10.4 Å². The number of nitrogens with one attached hydrogen (secondary N) is 1. The molecule has 0 aliphatic heterocycles. The molecule has 4 heteroatoms. The molecule has 4 nitrogen and oxygen atoms in total. The van der Waals surface area contributed by atoms with Crippen LogP contribution in [0.15, 0.2) is 6.20 Å². The molecular formula is C13H23N3O. The SMILES string of the molecule is CCCNCc1cnn(C2CCCC2O)c1C. The number of aliphatic hydroxyl groups excluding tert-OH is 1. The standard InChI is InChI=1S/C13H23N3O/c1-3-7-14-8-11-9-15-16(10(11)2)12-5-4-6-13(12)17/h9,12-14,17H,3-8H2,1-2H3. The molecule has 1 saturated carbocycles. The van der Waals surface area contributed by atoms with Crippen LogP contribution < -0.4 is 5.32 Å². The molecule has 0 bridgehead atoms. The van der Waals surface area contributed by atoms with Crippen LogP contribution in [0.4, 0.5) is 0 Å². The van der Waals surface area contributed by atoms with Crippen LogP contribution >= 0.6 is 0 Å². The number of aromatic nitrogens is 2. The van der Waals surface area contributed by atoms with Crippen LogP contribution in [0.25, 0.3) is 0 Å². The van der Waals surface area contributed by atoms with E-state index in [2.05, 4.69) is 24.3 Å². The van der Waals surface area contributed by atoms with Gasteiger partial charge in [0.25, 0.3) is 0 Å². The lowest BCUT2D eigenvalue weighted by Gasteiger charge is -2.17. The third-order valence-corrected chi connectivity index (χ3v) is 3.65. The summed E-state index contributed by atoms with van der Waals surface area (Å²) in [4.78, 5) is 0. The highest BCUT2D eigenvalue weighted by Crippen LogP contribution is 2.30. The monoisotopic (exact) mass is 237 g/mol. The Morgan fingerprint density at radius 1 is 1.53 bits per heavy atom. The van der Waals surface area contributed by atoms with E-state index in [1.807, 2.05) is 10.9 Å². The molecule has 1 aromatic heterocycles. The zero-order chi connectivity index (χ0) is 12.3. The average molecular weight is 237 g/mol. The van der Waals surface area contributed by atoms with Crippen LogP contribution in [-0.2, 0) is 6.54 Å². The molecule has 2 N–H and O–H groups in total. The lowest BCUT2D eigenvalue weighted by Crippen LogP contribution is -2.21. The second kappa shape index (κ2) is 5.65. The minimum atomic E-state index is -0.218. The first-order valence-electron chi connectivity index (χ1n) is 6.65. The highest BCUT2D eigenvalue weighted by Gasteiger charge is 2.28. The fraction of sp³-hybridized carbons (Fsp3) is 0.769. The van der Waals surface area contributed by atoms with E-state index in [-0.39, 0.29) is 12.1 Å². The van der Waals surface area contributed by atoms with E-state index in [9.17, 15) is 5.11 Å². The summed E-state index contributed by atoms with van der Waals surface area (Å²) in [6, 6.07) is 0.190. The van der Waals surface area contributed by atoms with Gasteiger partial charge in [-0.3, -0.25) is 4.68 Å². The molecule has 0 spiro atoms. The first-order valence-corrected chi connectivity index (χ1v) is 6.65. The molecule has 1 fully saturated rings. The maximum atomic E-state index is 9.91. The normalized spacial score (nSPS) is 24.4. The Labute approximate surface area is 103 Å². The molecule has 2 atom stereocenters. The zero-order valence-electron chi connectivity index (χ0n) is 10.8. The summed E-state index contributed by atoms with van der Waals surface area (Å²) >= 11 is 0. The molecule has 17 heavy (non-hydrogen) atoms. The lowest BCUT2D eigenvalue weighted by atomic mass is 10.2. The summed E-state index contributed by atoms with van der Waals surface area (Å²) in [7, 11) is 0. The second-order valence-electron chi connectivity index (χ2n) is 4.94. The summed E-state index contributed by atoms with van der Waals surface area (Å²) in [5.74, 6) is 0. The Bertz CT molecular complexity index is 362. The fourth-order valence-electron chi connectivity index (χ4n) is 2.57. The fourth-order valence-corrected chi connectivity index (χ4v) is 2.57. The van der Waals surface area contributed by atoms with Gasteiger partial charge in [0.2, 0.25) is 0 Å². The summed E-state index contributed by atoms with van der Waals surface area (Å²) in [6.45, 7) is 6.18. The van der Waals surface area contributed by atoms with Crippen molar-refractivity contribution in [2.45, 2.75) is 58.2 Å². The molecule has 0 radical (unpaired) electrons. The highest BCUT2D eigenvalue weighted by atomic mass is 16.3. The number of hydrogen-bond acceptors (Lipinski definition) is 3. The number of rotatable bonds is 5. The number of aliphatic hydroxyl groups is 1. The lowest BCUT2D eigenvalue weighted by molar-refractivity contribution is 0.129. The molecule has 1 aromatic rings. The smallest absolute Gasteiger partial charge is 0.0781 e. The minimum Gasteiger partial charge on any atom is -0.391 e. The average Bonchev–Trinajstić information content (AvgIpc) is 2.87. The van der Waals surface area contributed by atoms with Crippen molar-refractivity contribution in [1.82, 2.24) is 15.1 Å². The molecule has 1 heterocycles. The summed E-state index contributed by atoms with van der Waals surface area (Å²) in [6.07, 6.45) is 5.93. The first kappa shape index (κ1) is 12.6. The molecule has 2 unspecified atom stereocenters. The van der Waals surface area contributed by atoms with Gasteiger partial charge in [-0.05, 0) is 39.2 Å². The largest absolute Gasteiger partial charge is 0.391 e. The van der Waals surface area contributed by atoms with Crippen LogP contribution in [0.5, 0.6) is 0 Å². The van der Waals surface area contributed by atoms with Crippen LogP contribution in [-0.4, -0.2) is 27.5 Å². The van der Waals surface area contributed by atoms with Crippen LogP contribution in [0.1, 0.15) is 49.9 Å². The van der Waals surface area contributed by atoms with Gasteiger partial charge in [0.1, 0.15) is 0 Å². The van der Waals surface area contributed by atoms with Crippen molar-refractivity contribution in [3.05, 3.63) is 17.5 Å². The van der Waals surface area contributed by atoms with Crippen molar-refractivity contribution < 1.29 is 5.11 Å². The Kier molecular flexibility index (Phi) is 4.18. The zero-order valence-corrected chi connectivity index (χ0v) is 10.8. The van der Waals surface area contributed by atoms with Crippen molar-refractivity contribution >= 4 is 0 Å². The van der Waals surface area contributed by atoms with Crippen molar-refractivity contribution in [2.24, 2.45) is 0 Å². The van der Waals surface area contributed by atoms with Gasteiger partial charge in [-0.25, -0.2) is 0 Å². The van der Waals surface area contributed by atoms with Gasteiger partial charge in [0.05, 0.1) is 18.3 Å². The van der Waals surface area contributed by atoms with E-state index < -0.39 is 0 Å². The first-order chi connectivity index (χ1) is 8.24. The molecule has 2 rings (SSSR count). The minimum absolute atomic E-state index is 0.190. The maximum absolute atomic E-state index is 9.91. The Hall–Kier alpha value is -0.870. The van der Waals surface area contributed by atoms with E-state index in [1.54, 1.807) is 0 Å². The highest BCUT2D eigenvalue weighted by molar-refractivity contribution is 5.17. The van der Waals surface area contributed by atoms with Gasteiger partial charge >= 0.3 is 0 Å². The number of hydrogen-bond donors (Lipinski definition) is 2. The van der Waals surface area contributed by atoms with E-state index in [4.69, 9.17) is 0 Å². The van der Waals surface area contributed by atoms with Gasteiger partial charge in [-0.1, -0.05) is 6.92 Å². The van der Waals surface area contributed by atoms with Crippen LogP contribution in [0.3, 0.4) is 0 Å². The third-order valence-electron chi connectivity index (χ3n) is 3.65. The van der Waals surface area contributed by atoms with E-state index in [0.717, 1.165) is 38.8 Å². The molecule has 1 aliphatic carbocycles. The Morgan fingerprint density at radius 3 is 3.00 bits per heavy atom. The predicted octanol–water partition coefficient (Wildman–Crippen LogP) is 1.78. The quantitative estimate of drug-likeness (QED) is 0.767. The third kappa shape index (κ3) is 2.69. The van der Waals surface area contributed by atoms with Crippen molar-refractivity contribution in [3.63, 3.8) is 0 Å². The van der Waals surface area contributed by atoms with E-state index in [1.165, 1.54) is 11.3 Å². The van der Waals surface area contributed by atoms with Crippen LogP contribution in [0.2, 0.25) is 0 Å². The maximum Gasteiger partial charge on any atom is 0.0781 e. The summed E-state index contributed by atoms with van der Waals surface area (Å²) in [5, 5.41) is 17.7. The van der Waals surface area contributed by atoms with Gasteiger partial charge in [0.15, 0.2) is 0 Å². The number of nitrogens with zero attached hydrogens (tertiary/aromatic N) is 2. The molecule has 0 saturated heterocycles. The molecule has 96 valence electrons. The predicted molar refractivity (Wildman–Crippen MR) is 67.9 cm³/mol. The summed E-state index contributed by atoms with van der Waals surface area (Å²) in [5.41, 5.74) is 2.44. The van der Waals surface area contributed by atoms with Crippen molar-refractivity contribution in [2.75, 3.05) is 6.54 Å². The van der Waals surface area contributed by atoms with E-state index >= 15 is 0 Å². The van der Waals surface area contributed by atoms with Gasteiger partial charge in [0, 0.05) is 17.8 Å². The summed E-state index contributed by atoms with van der Waals surface area (Å²) < 4.78 is 2.01. The molecular weight excluding hydrogens is 214 g/mol. The van der Waals surface area contributed by atoms with Gasteiger partial charge in [-0.15, -0.1) is 0 Å². The van der Waals surface area contributed by atoms with Crippen molar-refractivity contribution in [3.8, 4) is 0 Å². The molecule has 1 aliphatic rings. The molecule has 0 amide bonds. The van der Waals surface area contributed by atoms with Gasteiger partial charge in [-0.2, -0.15) is 5.10 Å². The topological polar surface area (TPSA) is 50.1 Å². The van der Waals surface area contributed by atoms with Crippen molar-refractivity contribution in [1.29, 1.82) is 0 Å². The van der Waals surface area contributed by atoms with E-state index in [0.29, 0.717) is 0 Å². The Morgan fingerprint density at radius 2 is 2.35 bits per heavy atom.